The van der Waals surface area contributed by atoms with Crippen LogP contribution in [0.25, 0.3) is 16.8 Å². The minimum atomic E-state index is -0.664. The number of nitrogens with zero attached hydrogens (tertiary/aromatic N) is 2. The first-order valence-electron chi connectivity index (χ1n) is 13.2. The molecule has 1 aliphatic heterocycles. The van der Waals surface area contributed by atoms with Crippen LogP contribution in [0.2, 0.25) is 0 Å². The Morgan fingerprint density at radius 2 is 1.90 bits per heavy atom. The molecule has 40 heavy (non-hydrogen) atoms. The Morgan fingerprint density at radius 1 is 1.15 bits per heavy atom. The van der Waals surface area contributed by atoms with Crippen molar-refractivity contribution >= 4 is 34.2 Å². The average Bonchev–Trinajstić information content (AvgIpc) is 3.26. The van der Waals surface area contributed by atoms with Crippen molar-refractivity contribution < 1.29 is 14.3 Å². The molecule has 0 saturated heterocycles. The molecule has 1 atom stereocenters. The first-order chi connectivity index (χ1) is 19.3. The van der Waals surface area contributed by atoms with Crippen LogP contribution >= 0.6 is 11.3 Å². The molecule has 2 heterocycles. The maximum Gasteiger partial charge on any atom is 0.338 e. The van der Waals surface area contributed by atoms with Gasteiger partial charge in [-0.25, -0.2) is 9.79 Å². The van der Waals surface area contributed by atoms with Gasteiger partial charge in [-0.1, -0.05) is 85.7 Å². The number of benzene rings is 3. The molecule has 0 N–H and O–H groups in total. The number of rotatable bonds is 7. The molecular formula is C33H30N2O4S. The quantitative estimate of drug-likeness (QED) is 0.238. The predicted octanol–water partition coefficient (Wildman–Crippen LogP) is 5.09. The van der Waals surface area contributed by atoms with Crippen LogP contribution in [-0.2, 0) is 9.53 Å². The summed E-state index contributed by atoms with van der Waals surface area (Å²) < 4.78 is 13.4. The van der Waals surface area contributed by atoms with Crippen molar-refractivity contribution in [2.75, 3.05) is 13.2 Å². The summed E-state index contributed by atoms with van der Waals surface area (Å²) in [6.07, 6.45) is 7.29. The van der Waals surface area contributed by atoms with E-state index in [4.69, 9.17) is 20.9 Å². The summed E-state index contributed by atoms with van der Waals surface area (Å²) in [5, 5.41) is 1.95. The van der Waals surface area contributed by atoms with Crippen molar-refractivity contribution in [2.24, 2.45) is 4.99 Å². The predicted molar refractivity (Wildman–Crippen MR) is 159 cm³/mol. The number of hydrogen-bond acceptors (Lipinski definition) is 6. The molecule has 3 aromatic carbocycles. The second-order valence-corrected chi connectivity index (χ2v) is 10.8. The summed E-state index contributed by atoms with van der Waals surface area (Å²) >= 11 is 1.28. The normalized spacial score (nSPS) is 15.1. The zero-order valence-electron chi connectivity index (χ0n) is 22.9. The van der Waals surface area contributed by atoms with Crippen molar-refractivity contribution in [3.05, 3.63) is 108 Å². The fourth-order valence-corrected chi connectivity index (χ4v) is 6.00. The number of aromatic nitrogens is 1. The summed E-state index contributed by atoms with van der Waals surface area (Å²) in [5.41, 5.74) is 3.40. The van der Waals surface area contributed by atoms with Crippen molar-refractivity contribution in [1.82, 2.24) is 4.57 Å². The SMILES string of the molecule is C#CCOc1ccc2ccccc2c1C=c1sc2n(c1=O)C(c1ccc(C(C)C)cc1)C(C(=O)OCC)=C(C)N=2. The minimum Gasteiger partial charge on any atom is -0.480 e. The zero-order chi connectivity index (χ0) is 28.4. The van der Waals surface area contributed by atoms with Crippen LogP contribution in [0.5, 0.6) is 5.75 Å². The Kier molecular flexibility index (Phi) is 7.72. The Bertz CT molecular complexity index is 1850. The van der Waals surface area contributed by atoms with E-state index in [-0.39, 0.29) is 18.8 Å². The molecule has 0 amide bonds. The Labute approximate surface area is 236 Å². The lowest BCUT2D eigenvalue weighted by molar-refractivity contribution is -0.139. The maximum atomic E-state index is 14.1. The summed E-state index contributed by atoms with van der Waals surface area (Å²) in [6.45, 7) is 8.13. The fourth-order valence-electron chi connectivity index (χ4n) is 4.97. The number of allylic oxidation sites excluding steroid dienone is 1. The van der Waals surface area contributed by atoms with E-state index in [1.165, 1.54) is 16.9 Å². The van der Waals surface area contributed by atoms with E-state index in [1.807, 2.05) is 66.7 Å². The van der Waals surface area contributed by atoms with E-state index in [9.17, 15) is 9.59 Å². The van der Waals surface area contributed by atoms with Gasteiger partial charge in [0.15, 0.2) is 4.80 Å². The highest BCUT2D eigenvalue weighted by atomic mass is 32.1. The second-order valence-electron chi connectivity index (χ2n) is 9.81. The molecule has 7 heteroatoms. The molecule has 1 unspecified atom stereocenters. The lowest BCUT2D eigenvalue weighted by Crippen LogP contribution is -2.40. The number of ether oxygens (including phenoxy) is 2. The molecule has 0 fully saturated rings. The molecular weight excluding hydrogens is 520 g/mol. The van der Waals surface area contributed by atoms with Gasteiger partial charge >= 0.3 is 5.97 Å². The largest absolute Gasteiger partial charge is 0.480 e. The smallest absolute Gasteiger partial charge is 0.338 e. The van der Waals surface area contributed by atoms with Gasteiger partial charge in [0, 0.05) is 5.56 Å². The van der Waals surface area contributed by atoms with E-state index in [0.29, 0.717) is 32.3 Å². The summed E-state index contributed by atoms with van der Waals surface area (Å²) in [5.74, 6) is 2.97. The molecule has 6 nitrogen and oxygen atoms in total. The van der Waals surface area contributed by atoms with Gasteiger partial charge in [-0.3, -0.25) is 9.36 Å². The number of hydrogen-bond donors (Lipinski definition) is 0. The molecule has 0 bridgehead atoms. The molecule has 5 rings (SSSR count). The summed E-state index contributed by atoms with van der Waals surface area (Å²) in [7, 11) is 0. The molecule has 202 valence electrons. The van der Waals surface area contributed by atoms with Crippen LogP contribution in [0.4, 0.5) is 0 Å². The van der Waals surface area contributed by atoms with Gasteiger partial charge in [-0.2, -0.15) is 0 Å². The third-order valence-corrected chi connectivity index (χ3v) is 7.94. The third-order valence-electron chi connectivity index (χ3n) is 6.95. The van der Waals surface area contributed by atoms with Gasteiger partial charge in [-0.05, 0) is 53.8 Å². The second kappa shape index (κ2) is 11.4. The van der Waals surface area contributed by atoms with Gasteiger partial charge in [0.2, 0.25) is 0 Å². The zero-order valence-corrected chi connectivity index (χ0v) is 23.7. The van der Waals surface area contributed by atoms with E-state index >= 15 is 0 Å². The van der Waals surface area contributed by atoms with Crippen LogP contribution < -0.4 is 19.6 Å². The topological polar surface area (TPSA) is 69.9 Å². The van der Waals surface area contributed by atoms with Gasteiger partial charge < -0.3 is 9.47 Å². The van der Waals surface area contributed by atoms with Crippen molar-refractivity contribution in [3.8, 4) is 18.1 Å². The van der Waals surface area contributed by atoms with E-state index < -0.39 is 12.0 Å². The van der Waals surface area contributed by atoms with Crippen LogP contribution in [0.3, 0.4) is 0 Å². The number of fused-ring (bicyclic) bond motifs is 2. The highest BCUT2D eigenvalue weighted by molar-refractivity contribution is 7.07. The average molecular weight is 551 g/mol. The Morgan fingerprint density at radius 3 is 2.60 bits per heavy atom. The van der Waals surface area contributed by atoms with Gasteiger partial charge in [0.05, 0.1) is 28.5 Å². The summed E-state index contributed by atoms with van der Waals surface area (Å²) in [6, 6.07) is 19.1. The van der Waals surface area contributed by atoms with Crippen molar-refractivity contribution in [1.29, 1.82) is 0 Å². The molecule has 1 aromatic heterocycles. The molecule has 0 aliphatic carbocycles. The first-order valence-corrected chi connectivity index (χ1v) is 14.0. The Balaban J connectivity index is 1.75. The monoisotopic (exact) mass is 550 g/mol. The maximum absolute atomic E-state index is 14.1. The Hall–Kier alpha value is -4.41. The van der Waals surface area contributed by atoms with Crippen LogP contribution in [0.15, 0.2) is 81.7 Å². The first kappa shape index (κ1) is 27.2. The highest BCUT2D eigenvalue weighted by Crippen LogP contribution is 2.32. The van der Waals surface area contributed by atoms with Gasteiger partial charge in [-0.15, -0.1) is 6.42 Å². The standard InChI is InChI=1S/C33H30N2O4S/c1-6-18-39-27-17-16-23-10-8-9-11-25(23)26(27)19-28-31(36)35-30(24-14-12-22(13-15-24)20(3)4)29(32(37)38-7-2)21(5)34-33(35)40-28/h1,8-17,19-20,30H,7,18H2,2-5H3. The van der Waals surface area contributed by atoms with Crippen molar-refractivity contribution in [2.45, 2.75) is 39.7 Å². The fraction of sp³-hybridized carbons (Fsp3) is 0.242. The van der Waals surface area contributed by atoms with E-state index in [2.05, 4.69) is 19.8 Å². The molecule has 0 saturated carbocycles. The number of esters is 1. The molecule has 0 radical (unpaired) electrons. The van der Waals surface area contributed by atoms with E-state index in [0.717, 1.165) is 21.9 Å². The highest BCUT2D eigenvalue weighted by Gasteiger charge is 2.33. The summed E-state index contributed by atoms with van der Waals surface area (Å²) in [4.78, 5) is 32.5. The number of carbonyl (C=O) groups excluding carboxylic acids is 1. The van der Waals surface area contributed by atoms with Crippen LogP contribution in [0, 0.1) is 12.3 Å². The van der Waals surface area contributed by atoms with Gasteiger partial charge in [0.25, 0.3) is 5.56 Å². The lowest BCUT2D eigenvalue weighted by atomic mass is 9.93. The third kappa shape index (κ3) is 4.99. The van der Waals surface area contributed by atoms with Gasteiger partial charge in [0.1, 0.15) is 12.4 Å². The lowest BCUT2D eigenvalue weighted by Gasteiger charge is -2.25. The number of thiazole rings is 1. The molecule has 4 aromatic rings. The van der Waals surface area contributed by atoms with Crippen LogP contribution in [0.1, 0.15) is 56.3 Å². The van der Waals surface area contributed by atoms with E-state index in [1.54, 1.807) is 18.4 Å². The van der Waals surface area contributed by atoms with Crippen LogP contribution in [-0.4, -0.2) is 23.8 Å². The molecule has 0 spiro atoms. The number of terminal acetylenes is 1. The van der Waals surface area contributed by atoms with Crippen molar-refractivity contribution in [3.63, 3.8) is 0 Å². The minimum absolute atomic E-state index is 0.106. The molecule has 1 aliphatic rings. The number of carbonyl (C=O) groups is 1.